The molecule has 0 radical (unpaired) electrons. The highest BCUT2D eigenvalue weighted by Gasteiger charge is 2.55. The van der Waals surface area contributed by atoms with Crippen molar-refractivity contribution in [1.82, 2.24) is 15.5 Å². The van der Waals surface area contributed by atoms with Gasteiger partial charge in [0.1, 0.15) is 11.6 Å². The maximum absolute atomic E-state index is 13.6. The first-order chi connectivity index (χ1) is 16.6. The Hall–Kier alpha value is -2.41. The number of carbonyl (C=O) groups excluding carboxylic acids is 2. The molecule has 4 atom stereocenters. The van der Waals surface area contributed by atoms with Gasteiger partial charge in [-0.25, -0.2) is 4.39 Å². The highest BCUT2D eigenvalue weighted by Crippen LogP contribution is 2.47. The maximum Gasteiger partial charge on any atom is 0.258 e. The zero-order valence-corrected chi connectivity index (χ0v) is 20.8. The van der Waals surface area contributed by atoms with Crippen LogP contribution in [0, 0.1) is 23.1 Å². The van der Waals surface area contributed by atoms with Crippen LogP contribution >= 0.6 is 11.6 Å². The molecule has 190 valence electrons. The number of likely N-dealkylation sites (N-methyl/N-ethyl adjacent to an activating group) is 1. The molecule has 2 amide bonds. The summed E-state index contributed by atoms with van der Waals surface area (Å²) in [5, 5.41) is 26.4. The molecule has 3 aliphatic carbocycles. The predicted molar refractivity (Wildman–Crippen MR) is 127 cm³/mol. The molecule has 0 spiro atoms. The van der Waals surface area contributed by atoms with Crippen LogP contribution in [0.15, 0.2) is 18.2 Å². The van der Waals surface area contributed by atoms with Crippen molar-refractivity contribution in [1.29, 1.82) is 5.26 Å². The molecule has 5 rings (SSSR count). The lowest BCUT2D eigenvalue weighted by atomic mass is 9.59. The quantitative estimate of drug-likeness (QED) is 0.546. The Morgan fingerprint density at radius 1 is 1.29 bits per heavy atom. The van der Waals surface area contributed by atoms with Crippen LogP contribution in [0.5, 0.6) is 5.75 Å². The van der Waals surface area contributed by atoms with E-state index in [0.29, 0.717) is 44.9 Å². The van der Waals surface area contributed by atoms with Gasteiger partial charge in [0, 0.05) is 17.6 Å². The zero-order chi connectivity index (χ0) is 25.4. The Balaban J connectivity index is 1.32. The second-order valence-corrected chi connectivity index (χ2v) is 10.7. The summed E-state index contributed by atoms with van der Waals surface area (Å²) >= 11 is 5.66. The summed E-state index contributed by atoms with van der Waals surface area (Å²) in [6, 6.07) is 5.98. The fourth-order valence-corrected chi connectivity index (χ4v) is 5.99. The monoisotopic (exact) mass is 506 g/mol. The first kappa shape index (κ1) is 25.7. The third kappa shape index (κ3) is 5.11. The number of hydrogen-bond acceptors (Lipinski definition) is 6. The Morgan fingerprint density at radius 2 is 2.00 bits per heavy atom. The molecule has 4 fully saturated rings. The molecule has 3 saturated carbocycles. The summed E-state index contributed by atoms with van der Waals surface area (Å²) in [6.07, 6.45) is 3.21. The van der Waals surface area contributed by atoms with E-state index < -0.39 is 28.9 Å². The van der Waals surface area contributed by atoms with Gasteiger partial charge in [0.15, 0.2) is 6.61 Å². The molecule has 1 aliphatic heterocycles. The fraction of sp³-hybridized carbons (Fsp3) is 0.640. The minimum Gasteiger partial charge on any atom is -0.484 e. The second kappa shape index (κ2) is 9.92. The molecule has 10 heteroatoms. The van der Waals surface area contributed by atoms with E-state index >= 15 is 0 Å². The molecular weight excluding hydrogens is 475 g/mol. The first-order valence-electron chi connectivity index (χ1n) is 12.1. The number of ether oxygens (including phenoxy) is 1. The van der Waals surface area contributed by atoms with E-state index in [1.165, 1.54) is 12.1 Å². The van der Waals surface area contributed by atoms with Crippen LogP contribution in [0.2, 0.25) is 5.02 Å². The van der Waals surface area contributed by atoms with E-state index in [1.807, 2.05) is 18.9 Å². The number of likely N-dealkylation sites (tertiary alicyclic amines) is 1. The molecule has 4 aliphatic rings. The van der Waals surface area contributed by atoms with E-state index in [2.05, 4.69) is 16.7 Å². The van der Waals surface area contributed by atoms with Crippen molar-refractivity contribution in [2.75, 3.05) is 13.7 Å². The van der Waals surface area contributed by atoms with Crippen LogP contribution in [0.1, 0.15) is 51.9 Å². The number of nitriles is 1. The molecule has 8 nitrogen and oxygen atoms in total. The minimum atomic E-state index is -0.812. The van der Waals surface area contributed by atoms with Gasteiger partial charge in [-0.3, -0.25) is 14.5 Å². The number of benzene rings is 1. The van der Waals surface area contributed by atoms with Gasteiger partial charge in [-0.05, 0) is 71.0 Å². The van der Waals surface area contributed by atoms with Gasteiger partial charge in [-0.1, -0.05) is 11.6 Å². The topological polar surface area (TPSA) is 115 Å². The third-order valence-electron chi connectivity index (χ3n) is 8.29. The summed E-state index contributed by atoms with van der Waals surface area (Å²) < 4.78 is 19.0. The summed E-state index contributed by atoms with van der Waals surface area (Å²) in [4.78, 5) is 27.7. The van der Waals surface area contributed by atoms with Gasteiger partial charge in [-0.2, -0.15) is 5.26 Å². The van der Waals surface area contributed by atoms with Crippen molar-refractivity contribution in [2.24, 2.45) is 5.92 Å². The zero-order valence-electron chi connectivity index (χ0n) is 20.0. The molecule has 3 N–H and O–H groups in total. The van der Waals surface area contributed by atoms with Crippen LogP contribution < -0.4 is 15.4 Å². The number of aliphatic hydroxyl groups is 1. The van der Waals surface area contributed by atoms with Crippen molar-refractivity contribution < 1.29 is 23.8 Å². The highest BCUT2D eigenvalue weighted by atomic mass is 35.5. The lowest BCUT2D eigenvalue weighted by Gasteiger charge is -2.56. The van der Waals surface area contributed by atoms with Crippen LogP contribution in [0.4, 0.5) is 4.39 Å². The lowest BCUT2D eigenvalue weighted by Crippen LogP contribution is -2.71. The number of nitrogens with one attached hydrogen (secondary N) is 2. The first-order valence-corrected chi connectivity index (χ1v) is 12.5. The van der Waals surface area contributed by atoms with Crippen LogP contribution in [0.3, 0.4) is 0 Å². The number of nitrogens with zero attached hydrogens (tertiary/aromatic N) is 2. The number of piperidine rings is 1. The summed E-state index contributed by atoms with van der Waals surface area (Å²) in [6.45, 7) is 1.66. The van der Waals surface area contributed by atoms with Gasteiger partial charge in [0.05, 0.1) is 34.7 Å². The number of carbonyl (C=O) groups is 2. The minimum absolute atomic E-state index is 0.000233. The fourth-order valence-electron chi connectivity index (χ4n) is 5.87. The van der Waals surface area contributed by atoms with Crippen molar-refractivity contribution in [3.63, 3.8) is 0 Å². The average molecular weight is 507 g/mol. The summed E-state index contributed by atoms with van der Waals surface area (Å²) in [7, 11) is 1.88. The molecule has 1 aromatic carbocycles. The Labute approximate surface area is 209 Å². The average Bonchev–Trinajstić information content (AvgIpc) is 2.82. The molecular formula is C25H32ClFN4O4. The molecule has 1 saturated heterocycles. The Kier molecular flexibility index (Phi) is 7.28. The number of rotatable bonds is 6. The number of halogens is 2. The van der Waals surface area contributed by atoms with Gasteiger partial charge >= 0.3 is 0 Å². The largest absolute Gasteiger partial charge is 0.484 e. The van der Waals surface area contributed by atoms with Gasteiger partial charge in [0.2, 0.25) is 5.91 Å². The van der Waals surface area contributed by atoms with E-state index in [9.17, 15) is 24.3 Å². The lowest BCUT2D eigenvalue weighted by molar-refractivity contribution is -0.139. The molecule has 2 bridgehead atoms. The normalized spacial score (nSPS) is 34.6. The van der Waals surface area contributed by atoms with Crippen LogP contribution in [-0.4, -0.2) is 64.7 Å². The Morgan fingerprint density at radius 3 is 2.63 bits per heavy atom. The molecule has 1 heterocycles. The number of fused-ring (bicyclic) bond motifs is 3. The maximum atomic E-state index is 13.6. The SMILES string of the molecule is CC1C(C#N)CCC(C(=O)NC23CCC(NC(=O)COc4ccc(Cl)c(F)c4)(CC2)C(O)C3)N1C. The van der Waals surface area contributed by atoms with Gasteiger partial charge < -0.3 is 20.5 Å². The van der Waals surface area contributed by atoms with E-state index in [4.69, 9.17) is 16.3 Å². The molecule has 4 unspecified atom stereocenters. The molecule has 1 aromatic rings. The van der Waals surface area contributed by atoms with E-state index in [0.717, 1.165) is 6.07 Å². The summed E-state index contributed by atoms with van der Waals surface area (Å²) in [5.74, 6) is -0.986. The van der Waals surface area contributed by atoms with Crippen LogP contribution in [-0.2, 0) is 9.59 Å². The highest BCUT2D eigenvalue weighted by molar-refractivity contribution is 6.30. The molecule has 35 heavy (non-hydrogen) atoms. The Bertz CT molecular complexity index is 1020. The van der Waals surface area contributed by atoms with Crippen molar-refractivity contribution in [2.45, 2.75) is 81.1 Å². The van der Waals surface area contributed by atoms with Crippen molar-refractivity contribution >= 4 is 23.4 Å². The number of amides is 2. The summed E-state index contributed by atoms with van der Waals surface area (Å²) in [5.41, 5.74) is -1.27. The van der Waals surface area contributed by atoms with E-state index in [1.54, 1.807) is 0 Å². The van der Waals surface area contributed by atoms with Crippen LogP contribution in [0.25, 0.3) is 0 Å². The van der Waals surface area contributed by atoms with Crippen molar-refractivity contribution in [3.8, 4) is 11.8 Å². The van der Waals surface area contributed by atoms with E-state index in [-0.39, 0.29) is 41.3 Å². The number of hydrogen-bond donors (Lipinski definition) is 3. The second-order valence-electron chi connectivity index (χ2n) is 10.3. The van der Waals surface area contributed by atoms with Gasteiger partial charge in [0.25, 0.3) is 5.91 Å². The smallest absolute Gasteiger partial charge is 0.258 e. The predicted octanol–water partition coefficient (Wildman–Crippen LogP) is 2.53. The van der Waals surface area contributed by atoms with Crippen molar-refractivity contribution in [3.05, 3.63) is 29.0 Å². The standard InChI is InChI=1S/C25H32ClFN4O4/c1-15-16(13-28)3-6-20(31(15)2)23(34)30-24-7-9-25(10-8-24,21(32)12-24)29-22(33)14-35-17-4-5-18(26)19(27)11-17/h4-5,11,15-16,20-21,32H,3,6-10,12,14H2,1-2H3,(H,29,33)(H,30,34). The van der Waals surface area contributed by atoms with Gasteiger partial charge in [-0.15, -0.1) is 0 Å². The number of aliphatic hydroxyl groups excluding tert-OH is 1. The molecule has 0 aromatic heterocycles. The third-order valence-corrected chi connectivity index (χ3v) is 8.60.